The molecule has 7 heteroatoms. The first-order valence-corrected chi connectivity index (χ1v) is 8.45. The number of thiophene rings is 1. The fourth-order valence-corrected chi connectivity index (χ4v) is 3.31. The van der Waals surface area contributed by atoms with Crippen LogP contribution in [0, 0.1) is 6.92 Å². The van der Waals surface area contributed by atoms with Gasteiger partial charge in [0, 0.05) is 0 Å². The molecule has 1 heterocycles. The van der Waals surface area contributed by atoms with Crippen LogP contribution in [0.2, 0.25) is 4.34 Å². The van der Waals surface area contributed by atoms with Crippen molar-refractivity contribution in [2.45, 2.75) is 18.7 Å². The second kappa shape index (κ2) is 5.95. The maximum Gasteiger partial charge on any atom is 0.276 e. The van der Waals surface area contributed by atoms with Crippen molar-refractivity contribution in [3.05, 3.63) is 51.2 Å². The molecule has 0 fully saturated rings. The maximum atomic E-state index is 12.0. The molecule has 2 aromatic rings. The first-order valence-electron chi connectivity index (χ1n) is 5.77. The van der Waals surface area contributed by atoms with Crippen molar-refractivity contribution >= 4 is 38.7 Å². The van der Waals surface area contributed by atoms with Gasteiger partial charge in [-0.3, -0.25) is 0 Å². The van der Waals surface area contributed by atoms with E-state index in [9.17, 15) is 8.42 Å². The molecule has 106 valence electrons. The number of halogens is 1. The Morgan fingerprint density at radius 2 is 1.85 bits per heavy atom. The highest BCUT2D eigenvalue weighted by atomic mass is 35.5. The molecule has 4 nitrogen and oxygen atoms in total. The fraction of sp³-hybridized carbons (Fsp3) is 0.154. The van der Waals surface area contributed by atoms with Gasteiger partial charge in [-0.2, -0.15) is 18.4 Å². The smallest absolute Gasteiger partial charge is 0.200 e. The molecule has 1 aromatic heterocycles. The van der Waals surface area contributed by atoms with E-state index in [0.29, 0.717) is 10.0 Å². The molecule has 1 aromatic carbocycles. The molecule has 0 atom stereocenters. The van der Waals surface area contributed by atoms with Crippen LogP contribution < -0.4 is 4.83 Å². The van der Waals surface area contributed by atoms with Gasteiger partial charge in [-0.05, 0) is 38.1 Å². The molecule has 0 spiro atoms. The third-order valence-corrected chi connectivity index (χ3v) is 5.16. The Morgan fingerprint density at radius 3 is 2.40 bits per heavy atom. The Kier molecular flexibility index (Phi) is 4.47. The van der Waals surface area contributed by atoms with Gasteiger partial charge in [-0.1, -0.05) is 29.3 Å². The molecule has 0 unspecified atom stereocenters. The molecule has 0 saturated heterocycles. The number of nitrogens with zero attached hydrogens (tertiary/aromatic N) is 1. The van der Waals surface area contributed by atoms with Crippen molar-refractivity contribution in [2.24, 2.45) is 5.10 Å². The Labute approximate surface area is 127 Å². The Bertz CT molecular complexity index is 734. The molecule has 0 aliphatic carbocycles. The van der Waals surface area contributed by atoms with Gasteiger partial charge < -0.3 is 0 Å². The highest BCUT2D eigenvalue weighted by Crippen LogP contribution is 2.22. The topological polar surface area (TPSA) is 58.5 Å². The van der Waals surface area contributed by atoms with Gasteiger partial charge in [-0.15, -0.1) is 11.3 Å². The number of hydrogen-bond donors (Lipinski definition) is 1. The second-order valence-corrected chi connectivity index (χ2v) is 7.58. The molecule has 0 aliphatic rings. The van der Waals surface area contributed by atoms with Crippen molar-refractivity contribution in [3.63, 3.8) is 0 Å². The Morgan fingerprint density at radius 1 is 1.20 bits per heavy atom. The van der Waals surface area contributed by atoms with E-state index >= 15 is 0 Å². The zero-order chi connectivity index (χ0) is 14.8. The molecule has 1 N–H and O–H groups in total. The fourth-order valence-electron chi connectivity index (χ4n) is 1.46. The summed E-state index contributed by atoms with van der Waals surface area (Å²) in [6, 6.07) is 10.1. The van der Waals surface area contributed by atoms with E-state index in [1.165, 1.54) is 11.3 Å². The lowest BCUT2D eigenvalue weighted by atomic mass is 10.2. The lowest BCUT2D eigenvalue weighted by molar-refractivity contribution is 0.584. The standard InChI is InChI=1S/C13H13ClN2O2S2/c1-9-3-5-11(6-4-9)20(17,18)16-15-10(2)12-7-8-13(14)19-12/h3-8,16H,1-2H3/b15-10+. The minimum Gasteiger partial charge on any atom is -0.200 e. The number of nitrogens with one attached hydrogen (secondary N) is 1. The summed E-state index contributed by atoms with van der Waals surface area (Å²) in [5.41, 5.74) is 1.56. The van der Waals surface area contributed by atoms with Crippen molar-refractivity contribution in [1.82, 2.24) is 4.83 Å². The Balaban J connectivity index is 2.18. The van der Waals surface area contributed by atoms with Gasteiger partial charge in [0.15, 0.2) is 0 Å². The number of hydrogen-bond acceptors (Lipinski definition) is 4. The summed E-state index contributed by atoms with van der Waals surface area (Å²) >= 11 is 7.17. The predicted octanol–water partition coefficient (Wildman–Crippen LogP) is 3.41. The van der Waals surface area contributed by atoms with Gasteiger partial charge in [0.1, 0.15) is 0 Å². The van der Waals surface area contributed by atoms with Crippen LogP contribution in [-0.4, -0.2) is 14.1 Å². The van der Waals surface area contributed by atoms with E-state index in [1.54, 1.807) is 43.3 Å². The number of benzene rings is 1. The van der Waals surface area contributed by atoms with Crippen molar-refractivity contribution in [1.29, 1.82) is 0 Å². The molecule has 2 rings (SSSR count). The van der Waals surface area contributed by atoms with E-state index in [4.69, 9.17) is 11.6 Å². The molecule has 0 saturated carbocycles. The molecule has 0 amide bonds. The van der Waals surface area contributed by atoms with Gasteiger partial charge in [-0.25, -0.2) is 0 Å². The minimum atomic E-state index is -3.64. The predicted molar refractivity (Wildman–Crippen MR) is 83.0 cm³/mol. The molecule has 0 radical (unpaired) electrons. The van der Waals surface area contributed by atoms with Crippen LogP contribution in [0.3, 0.4) is 0 Å². The van der Waals surface area contributed by atoms with Crippen molar-refractivity contribution < 1.29 is 8.42 Å². The monoisotopic (exact) mass is 328 g/mol. The van der Waals surface area contributed by atoms with Crippen LogP contribution >= 0.6 is 22.9 Å². The average Bonchev–Trinajstić information content (AvgIpc) is 2.83. The van der Waals surface area contributed by atoms with Crippen LogP contribution in [0.15, 0.2) is 46.4 Å². The lowest BCUT2D eigenvalue weighted by Gasteiger charge is -2.04. The lowest BCUT2D eigenvalue weighted by Crippen LogP contribution is -2.19. The summed E-state index contributed by atoms with van der Waals surface area (Å²) < 4.78 is 24.7. The number of aryl methyl sites for hydroxylation is 1. The van der Waals surface area contributed by atoms with Gasteiger partial charge in [0.25, 0.3) is 10.0 Å². The highest BCUT2D eigenvalue weighted by Gasteiger charge is 2.12. The quantitative estimate of drug-likeness (QED) is 0.690. The van der Waals surface area contributed by atoms with Gasteiger partial charge in [0.2, 0.25) is 0 Å². The summed E-state index contributed by atoms with van der Waals surface area (Å²) in [7, 11) is -3.64. The minimum absolute atomic E-state index is 0.184. The van der Waals surface area contributed by atoms with E-state index in [2.05, 4.69) is 9.93 Å². The first kappa shape index (κ1) is 15.0. The summed E-state index contributed by atoms with van der Waals surface area (Å²) in [5.74, 6) is 0. The van der Waals surface area contributed by atoms with Crippen LogP contribution in [0.1, 0.15) is 17.4 Å². The maximum absolute atomic E-state index is 12.0. The zero-order valence-electron chi connectivity index (χ0n) is 10.9. The van der Waals surface area contributed by atoms with E-state index in [0.717, 1.165) is 10.4 Å². The third-order valence-electron chi connectivity index (χ3n) is 2.59. The molecular weight excluding hydrogens is 316 g/mol. The summed E-state index contributed by atoms with van der Waals surface area (Å²) in [5, 5.41) is 3.91. The highest BCUT2D eigenvalue weighted by molar-refractivity contribution is 7.89. The first-order chi connectivity index (χ1) is 9.38. The molecular formula is C13H13ClN2O2S2. The second-order valence-electron chi connectivity index (χ2n) is 4.21. The van der Waals surface area contributed by atoms with E-state index in [-0.39, 0.29) is 4.90 Å². The average molecular weight is 329 g/mol. The molecule has 0 bridgehead atoms. The Hall–Kier alpha value is -1.37. The number of hydrazone groups is 1. The van der Waals surface area contributed by atoms with E-state index in [1.807, 2.05) is 6.92 Å². The van der Waals surface area contributed by atoms with Crippen molar-refractivity contribution in [2.75, 3.05) is 0 Å². The van der Waals surface area contributed by atoms with Gasteiger partial charge >= 0.3 is 0 Å². The zero-order valence-corrected chi connectivity index (χ0v) is 13.3. The SMILES string of the molecule is C/C(=N\NS(=O)(=O)c1ccc(C)cc1)c1ccc(Cl)s1. The number of sulfonamides is 1. The summed E-state index contributed by atoms with van der Waals surface area (Å²) in [4.78, 5) is 3.23. The van der Waals surface area contributed by atoms with Crippen LogP contribution in [0.25, 0.3) is 0 Å². The summed E-state index contributed by atoms with van der Waals surface area (Å²) in [6.45, 7) is 3.62. The van der Waals surface area contributed by atoms with Crippen LogP contribution in [0.4, 0.5) is 0 Å². The summed E-state index contributed by atoms with van der Waals surface area (Å²) in [6.07, 6.45) is 0. The number of rotatable bonds is 4. The van der Waals surface area contributed by atoms with Crippen molar-refractivity contribution in [3.8, 4) is 0 Å². The van der Waals surface area contributed by atoms with Gasteiger partial charge in [0.05, 0.1) is 19.8 Å². The van der Waals surface area contributed by atoms with Crippen LogP contribution in [0.5, 0.6) is 0 Å². The molecule has 20 heavy (non-hydrogen) atoms. The molecule has 0 aliphatic heterocycles. The third kappa shape index (κ3) is 3.59. The van der Waals surface area contributed by atoms with Crippen LogP contribution in [-0.2, 0) is 10.0 Å². The largest absolute Gasteiger partial charge is 0.276 e. The van der Waals surface area contributed by atoms with E-state index < -0.39 is 10.0 Å². The normalized spacial score (nSPS) is 12.4.